The fourth-order valence-corrected chi connectivity index (χ4v) is 2.87. The van der Waals surface area contributed by atoms with Gasteiger partial charge in [-0.05, 0) is 24.3 Å². The number of hydrogen-bond donors (Lipinski definition) is 1. The zero-order valence-corrected chi connectivity index (χ0v) is 13.8. The molecule has 0 saturated heterocycles. The molecule has 0 bridgehead atoms. The molecule has 0 aliphatic rings. The van der Waals surface area contributed by atoms with Crippen LogP contribution in [0.5, 0.6) is 0 Å². The lowest BCUT2D eigenvalue weighted by molar-refractivity contribution is 0.101. The van der Waals surface area contributed by atoms with Crippen LogP contribution in [0, 0.1) is 11.6 Å². The van der Waals surface area contributed by atoms with E-state index < -0.39 is 23.1 Å². The number of nitrogens with zero attached hydrogens (tertiary/aromatic N) is 2. The SMILES string of the molecule is O=C(Nc1nnc(-c2ccc(Br)cc2)s1)c1c(F)cccc1F. The molecular weight excluding hydrogens is 388 g/mol. The molecule has 1 N–H and O–H groups in total. The number of carbonyl (C=O) groups is 1. The van der Waals surface area contributed by atoms with Crippen molar-refractivity contribution in [2.75, 3.05) is 5.32 Å². The predicted octanol–water partition coefficient (Wildman–Crippen LogP) is 4.50. The minimum atomic E-state index is -0.930. The maximum absolute atomic E-state index is 13.6. The van der Waals surface area contributed by atoms with E-state index in [1.807, 2.05) is 24.3 Å². The van der Waals surface area contributed by atoms with Gasteiger partial charge in [0.25, 0.3) is 5.91 Å². The van der Waals surface area contributed by atoms with Crippen LogP contribution in [-0.2, 0) is 0 Å². The molecule has 0 spiro atoms. The van der Waals surface area contributed by atoms with E-state index >= 15 is 0 Å². The van der Waals surface area contributed by atoms with Crippen LogP contribution in [0.1, 0.15) is 10.4 Å². The highest BCUT2D eigenvalue weighted by molar-refractivity contribution is 9.10. The van der Waals surface area contributed by atoms with E-state index in [1.165, 1.54) is 6.07 Å². The Morgan fingerprint density at radius 2 is 1.70 bits per heavy atom. The van der Waals surface area contributed by atoms with Crippen LogP contribution in [0.2, 0.25) is 0 Å². The molecule has 0 aliphatic heterocycles. The average Bonchev–Trinajstić information content (AvgIpc) is 2.96. The van der Waals surface area contributed by atoms with E-state index in [0.717, 1.165) is 33.5 Å². The summed E-state index contributed by atoms with van der Waals surface area (Å²) >= 11 is 4.45. The highest BCUT2D eigenvalue weighted by Crippen LogP contribution is 2.27. The predicted molar refractivity (Wildman–Crippen MR) is 87.4 cm³/mol. The summed E-state index contributed by atoms with van der Waals surface area (Å²) < 4.78 is 28.1. The van der Waals surface area contributed by atoms with Crippen molar-refractivity contribution in [1.82, 2.24) is 10.2 Å². The van der Waals surface area contributed by atoms with Gasteiger partial charge in [-0.1, -0.05) is 45.5 Å². The van der Waals surface area contributed by atoms with Crippen molar-refractivity contribution >= 4 is 38.3 Å². The van der Waals surface area contributed by atoms with Gasteiger partial charge < -0.3 is 0 Å². The first kappa shape index (κ1) is 15.7. The highest BCUT2D eigenvalue weighted by atomic mass is 79.9. The molecule has 23 heavy (non-hydrogen) atoms. The zero-order chi connectivity index (χ0) is 16.4. The Bertz CT molecular complexity index is 847. The Kier molecular flexibility index (Phi) is 4.44. The van der Waals surface area contributed by atoms with Gasteiger partial charge in [0.2, 0.25) is 5.13 Å². The second-order valence-corrected chi connectivity index (χ2v) is 6.36. The van der Waals surface area contributed by atoms with Gasteiger partial charge in [-0.25, -0.2) is 8.78 Å². The van der Waals surface area contributed by atoms with Crippen molar-refractivity contribution in [3.63, 3.8) is 0 Å². The molecule has 0 fully saturated rings. The van der Waals surface area contributed by atoms with Crippen LogP contribution >= 0.6 is 27.3 Å². The third-order valence-corrected chi connectivity index (χ3v) is 4.34. The third kappa shape index (κ3) is 3.43. The summed E-state index contributed by atoms with van der Waals surface area (Å²) in [4.78, 5) is 12.0. The first-order chi connectivity index (χ1) is 11.0. The molecule has 3 aromatic rings. The topological polar surface area (TPSA) is 54.9 Å². The molecular formula is C15H8BrF2N3OS. The number of benzene rings is 2. The molecule has 8 heteroatoms. The maximum atomic E-state index is 13.6. The summed E-state index contributed by atoms with van der Waals surface area (Å²) in [6, 6.07) is 10.6. The molecule has 0 radical (unpaired) electrons. The molecule has 1 heterocycles. The third-order valence-electron chi connectivity index (χ3n) is 2.93. The van der Waals surface area contributed by atoms with Crippen molar-refractivity contribution in [2.24, 2.45) is 0 Å². The first-order valence-corrected chi connectivity index (χ1v) is 8.00. The Hall–Kier alpha value is -2.19. The number of nitrogens with one attached hydrogen (secondary N) is 1. The number of hydrogen-bond acceptors (Lipinski definition) is 4. The largest absolute Gasteiger partial charge is 0.296 e. The lowest BCUT2D eigenvalue weighted by atomic mass is 10.2. The zero-order valence-electron chi connectivity index (χ0n) is 11.4. The van der Waals surface area contributed by atoms with Crippen molar-refractivity contribution < 1.29 is 13.6 Å². The summed E-state index contributed by atoms with van der Waals surface area (Å²) in [6.45, 7) is 0. The molecule has 4 nitrogen and oxygen atoms in total. The normalized spacial score (nSPS) is 10.6. The summed E-state index contributed by atoms with van der Waals surface area (Å²) in [5.74, 6) is -2.76. The van der Waals surface area contributed by atoms with E-state index in [2.05, 4.69) is 31.4 Å². The Labute approximate surface area is 142 Å². The standard InChI is InChI=1S/C15H8BrF2N3OS/c16-9-6-4-8(5-7-9)14-20-21-15(23-14)19-13(22)12-10(17)2-1-3-11(12)18/h1-7H,(H,19,21,22). The van der Waals surface area contributed by atoms with Gasteiger partial charge in [-0.15, -0.1) is 10.2 Å². The number of halogens is 3. The van der Waals surface area contributed by atoms with Crippen LogP contribution in [0.15, 0.2) is 46.9 Å². The Morgan fingerprint density at radius 1 is 1.04 bits per heavy atom. The molecule has 0 atom stereocenters. The summed E-state index contributed by atoms with van der Waals surface area (Å²) in [5, 5.41) is 10.9. The van der Waals surface area contributed by atoms with Crippen molar-refractivity contribution in [3.05, 3.63) is 64.1 Å². The van der Waals surface area contributed by atoms with Gasteiger partial charge in [-0.2, -0.15) is 0 Å². The fourth-order valence-electron chi connectivity index (χ4n) is 1.86. The van der Waals surface area contributed by atoms with Crippen LogP contribution in [0.25, 0.3) is 10.6 Å². The fraction of sp³-hybridized carbons (Fsp3) is 0. The van der Waals surface area contributed by atoms with Crippen LogP contribution < -0.4 is 5.32 Å². The number of aromatic nitrogens is 2. The summed E-state index contributed by atoms with van der Waals surface area (Å²) in [7, 11) is 0. The van der Waals surface area contributed by atoms with Crippen LogP contribution in [0.3, 0.4) is 0 Å². The first-order valence-electron chi connectivity index (χ1n) is 6.39. The van der Waals surface area contributed by atoms with Gasteiger partial charge in [0.1, 0.15) is 22.2 Å². The Balaban J connectivity index is 1.82. The van der Waals surface area contributed by atoms with Crippen molar-refractivity contribution in [2.45, 2.75) is 0 Å². The van der Waals surface area contributed by atoms with Gasteiger partial charge >= 0.3 is 0 Å². The number of anilines is 1. The van der Waals surface area contributed by atoms with Gasteiger partial charge in [0.15, 0.2) is 0 Å². The van der Waals surface area contributed by atoms with Crippen LogP contribution in [0.4, 0.5) is 13.9 Å². The second kappa shape index (κ2) is 6.51. The molecule has 1 amide bonds. The van der Waals surface area contributed by atoms with Crippen molar-refractivity contribution in [3.8, 4) is 10.6 Å². The van der Waals surface area contributed by atoms with E-state index in [0.29, 0.717) is 5.01 Å². The molecule has 116 valence electrons. The minimum Gasteiger partial charge on any atom is -0.296 e. The summed E-state index contributed by atoms with van der Waals surface area (Å²) in [5.41, 5.74) is 0.177. The van der Waals surface area contributed by atoms with Gasteiger partial charge in [0, 0.05) is 10.0 Å². The smallest absolute Gasteiger partial charge is 0.263 e. The van der Waals surface area contributed by atoms with E-state index in [-0.39, 0.29) is 5.13 Å². The van der Waals surface area contributed by atoms with Gasteiger partial charge in [-0.3, -0.25) is 10.1 Å². The monoisotopic (exact) mass is 395 g/mol. The molecule has 0 aliphatic carbocycles. The molecule has 0 saturated carbocycles. The molecule has 0 unspecified atom stereocenters. The molecule has 1 aromatic heterocycles. The van der Waals surface area contributed by atoms with Crippen LogP contribution in [-0.4, -0.2) is 16.1 Å². The lowest BCUT2D eigenvalue weighted by Crippen LogP contribution is -2.15. The summed E-state index contributed by atoms with van der Waals surface area (Å²) in [6.07, 6.45) is 0. The van der Waals surface area contributed by atoms with E-state index in [9.17, 15) is 13.6 Å². The second-order valence-electron chi connectivity index (χ2n) is 4.47. The van der Waals surface area contributed by atoms with Gasteiger partial charge in [0.05, 0.1) is 0 Å². The lowest BCUT2D eigenvalue weighted by Gasteiger charge is -2.03. The Morgan fingerprint density at radius 3 is 2.35 bits per heavy atom. The number of rotatable bonds is 3. The minimum absolute atomic E-state index is 0.163. The van der Waals surface area contributed by atoms with E-state index in [4.69, 9.17) is 0 Å². The van der Waals surface area contributed by atoms with E-state index in [1.54, 1.807) is 0 Å². The number of amides is 1. The highest BCUT2D eigenvalue weighted by Gasteiger charge is 2.18. The molecule has 3 rings (SSSR count). The number of carbonyl (C=O) groups excluding carboxylic acids is 1. The molecule has 2 aromatic carbocycles. The quantitative estimate of drug-likeness (QED) is 0.710. The maximum Gasteiger partial charge on any atom is 0.263 e. The average molecular weight is 396 g/mol. The van der Waals surface area contributed by atoms with Crippen molar-refractivity contribution in [1.29, 1.82) is 0 Å².